The number of aliphatic imine (C=N–C) groups is 1. The van der Waals surface area contributed by atoms with Crippen LogP contribution in [-0.4, -0.2) is 54.2 Å². The second-order valence-corrected chi connectivity index (χ2v) is 7.11. The molecule has 0 spiro atoms. The first-order chi connectivity index (χ1) is 15.2. The van der Waals surface area contributed by atoms with Crippen molar-refractivity contribution >= 4 is 17.7 Å². The molecule has 2 heterocycles. The van der Waals surface area contributed by atoms with Gasteiger partial charge in [0.15, 0.2) is 11.3 Å². The minimum Gasteiger partial charge on any atom is -0.453 e. The smallest absolute Gasteiger partial charge is 0.409 e. The molecular weight excluding hydrogens is 427 g/mol. The van der Waals surface area contributed by atoms with Gasteiger partial charge >= 0.3 is 6.09 Å². The van der Waals surface area contributed by atoms with Crippen LogP contribution in [0.2, 0.25) is 0 Å². The molecule has 1 aliphatic heterocycles. The van der Waals surface area contributed by atoms with Gasteiger partial charge in [0.05, 0.1) is 25.8 Å². The van der Waals surface area contributed by atoms with Crippen LogP contribution < -0.4 is 5.73 Å². The van der Waals surface area contributed by atoms with Crippen molar-refractivity contribution in [1.29, 1.82) is 5.26 Å². The lowest BCUT2D eigenvalue weighted by molar-refractivity contribution is 0.0231. The number of methoxy groups -OCH3 is 1. The molecule has 8 nitrogen and oxygen atoms in total. The van der Waals surface area contributed by atoms with Crippen molar-refractivity contribution in [3.8, 4) is 6.07 Å². The van der Waals surface area contributed by atoms with Crippen LogP contribution in [0.3, 0.4) is 0 Å². The maximum atomic E-state index is 14.7. The Kier molecular flexibility index (Phi) is 6.43. The predicted molar refractivity (Wildman–Crippen MR) is 107 cm³/mol. The monoisotopic (exact) mass is 445 g/mol. The zero-order valence-electron chi connectivity index (χ0n) is 16.9. The van der Waals surface area contributed by atoms with E-state index in [0.717, 1.165) is 24.1 Å². The second-order valence-electron chi connectivity index (χ2n) is 7.11. The van der Waals surface area contributed by atoms with Crippen LogP contribution in [0.25, 0.3) is 0 Å². The third-order valence-electron chi connectivity index (χ3n) is 4.96. The Labute approximate surface area is 181 Å². The first-order valence-electron chi connectivity index (χ1n) is 9.33. The fourth-order valence-electron chi connectivity index (χ4n) is 3.42. The highest BCUT2D eigenvalue weighted by Gasteiger charge is 2.49. The largest absolute Gasteiger partial charge is 0.453 e. The van der Waals surface area contributed by atoms with E-state index in [1.54, 1.807) is 0 Å². The lowest BCUT2D eigenvalue weighted by Crippen LogP contribution is -2.55. The number of rotatable bonds is 5. The standard InChI is InChI=1S/C21H18F3N5O3/c1-32-20(31)29-10-18(26)28-21(11-29,19(23)24)14-6-12(2-4-15(14)22)7-17(30)16-5-3-13(8-25)9-27-16/h2-6,9,19H,7,10-11H2,1H3,(H2,26,28). The minimum atomic E-state index is -3.21. The number of hydrogen-bond donors (Lipinski definition) is 1. The van der Waals surface area contributed by atoms with Gasteiger partial charge < -0.3 is 10.5 Å². The molecule has 0 radical (unpaired) electrons. The molecule has 0 bridgehead atoms. The zero-order chi connectivity index (χ0) is 23.5. The van der Waals surface area contributed by atoms with Gasteiger partial charge in [-0.2, -0.15) is 5.26 Å². The van der Waals surface area contributed by atoms with Gasteiger partial charge in [0, 0.05) is 18.2 Å². The van der Waals surface area contributed by atoms with Crippen molar-refractivity contribution in [2.45, 2.75) is 18.4 Å². The molecule has 0 saturated heterocycles. The number of carbonyl (C=O) groups excluding carboxylic acids is 2. The van der Waals surface area contributed by atoms with Crippen molar-refractivity contribution in [3.63, 3.8) is 0 Å². The number of alkyl halides is 2. The van der Waals surface area contributed by atoms with Crippen LogP contribution in [0, 0.1) is 17.1 Å². The highest BCUT2D eigenvalue weighted by molar-refractivity contribution is 5.95. The van der Waals surface area contributed by atoms with E-state index in [4.69, 9.17) is 11.0 Å². The van der Waals surface area contributed by atoms with Crippen LogP contribution in [0.1, 0.15) is 27.2 Å². The topological polar surface area (TPSA) is 122 Å². The molecule has 0 saturated carbocycles. The number of nitrogens with two attached hydrogens (primary N) is 1. The molecular formula is C21H18F3N5O3. The molecule has 1 aromatic heterocycles. The van der Waals surface area contributed by atoms with E-state index in [1.165, 1.54) is 24.4 Å². The molecule has 166 valence electrons. The van der Waals surface area contributed by atoms with Gasteiger partial charge in [-0.1, -0.05) is 6.07 Å². The van der Waals surface area contributed by atoms with Gasteiger partial charge in [0.2, 0.25) is 0 Å². The summed E-state index contributed by atoms with van der Waals surface area (Å²) < 4.78 is 47.9. The van der Waals surface area contributed by atoms with E-state index < -0.39 is 41.8 Å². The normalized spacial score (nSPS) is 18.1. The quantitative estimate of drug-likeness (QED) is 0.706. The maximum absolute atomic E-state index is 14.7. The lowest BCUT2D eigenvalue weighted by atomic mass is 9.86. The van der Waals surface area contributed by atoms with Gasteiger partial charge in [-0.3, -0.25) is 19.7 Å². The number of carbonyl (C=O) groups is 2. The molecule has 1 aliphatic rings. The summed E-state index contributed by atoms with van der Waals surface area (Å²) in [4.78, 5) is 33.1. The fourth-order valence-corrected chi connectivity index (χ4v) is 3.42. The van der Waals surface area contributed by atoms with E-state index in [1.807, 2.05) is 6.07 Å². The van der Waals surface area contributed by atoms with E-state index >= 15 is 0 Å². The molecule has 1 aromatic carbocycles. The number of aromatic nitrogens is 1. The van der Waals surface area contributed by atoms with Crippen LogP contribution in [-0.2, 0) is 16.7 Å². The summed E-state index contributed by atoms with van der Waals surface area (Å²) in [6, 6.07) is 8.02. The molecule has 2 aromatic rings. The molecule has 1 amide bonds. The van der Waals surface area contributed by atoms with Gasteiger partial charge in [-0.25, -0.2) is 18.0 Å². The molecule has 1 atom stereocenters. The van der Waals surface area contributed by atoms with Gasteiger partial charge in [-0.15, -0.1) is 0 Å². The van der Waals surface area contributed by atoms with Crippen molar-refractivity contribution < 1.29 is 27.5 Å². The molecule has 32 heavy (non-hydrogen) atoms. The van der Waals surface area contributed by atoms with E-state index in [2.05, 4.69) is 14.7 Å². The minimum absolute atomic E-state index is 0.0650. The number of benzene rings is 1. The predicted octanol–water partition coefficient (Wildman–Crippen LogP) is 2.42. The van der Waals surface area contributed by atoms with Crippen LogP contribution >= 0.6 is 0 Å². The maximum Gasteiger partial charge on any atom is 0.409 e. The van der Waals surface area contributed by atoms with E-state index in [-0.39, 0.29) is 35.6 Å². The first kappa shape index (κ1) is 22.7. The van der Waals surface area contributed by atoms with Gasteiger partial charge in [-0.05, 0) is 29.8 Å². The number of Topliss-reactive ketones (excluding diaryl/α,β-unsaturated/α-hetero) is 1. The summed E-state index contributed by atoms with van der Waals surface area (Å²) in [5.74, 6) is -1.73. The average molecular weight is 445 g/mol. The van der Waals surface area contributed by atoms with Crippen molar-refractivity contribution in [2.75, 3.05) is 20.2 Å². The number of ether oxygens (including phenoxy) is 1. The SMILES string of the molecule is COC(=O)N1CC(N)=NC(c2cc(CC(=O)c3ccc(C#N)cn3)ccc2F)(C(F)F)C1. The zero-order valence-corrected chi connectivity index (χ0v) is 16.9. The molecule has 1 unspecified atom stereocenters. The Morgan fingerprint density at radius 1 is 1.34 bits per heavy atom. The van der Waals surface area contributed by atoms with Crippen molar-refractivity contribution in [2.24, 2.45) is 10.7 Å². The molecule has 0 aliphatic carbocycles. The number of hydrogen-bond acceptors (Lipinski definition) is 7. The third-order valence-corrected chi connectivity index (χ3v) is 4.96. The molecule has 0 fully saturated rings. The van der Waals surface area contributed by atoms with Crippen LogP contribution in [0.4, 0.5) is 18.0 Å². The summed E-state index contributed by atoms with van der Waals surface area (Å²) in [6.07, 6.45) is -3.15. The lowest BCUT2D eigenvalue weighted by Gasteiger charge is -2.38. The summed E-state index contributed by atoms with van der Waals surface area (Å²) in [6.45, 7) is -0.908. The number of amidine groups is 1. The van der Waals surface area contributed by atoms with E-state index in [9.17, 15) is 22.8 Å². The summed E-state index contributed by atoms with van der Waals surface area (Å²) in [5, 5.41) is 8.82. The molecule has 11 heteroatoms. The molecule has 3 rings (SSSR count). The number of pyridine rings is 1. The Bertz CT molecular complexity index is 1110. The second kappa shape index (κ2) is 9.05. The Morgan fingerprint density at radius 2 is 2.09 bits per heavy atom. The van der Waals surface area contributed by atoms with Gasteiger partial charge in [0.25, 0.3) is 6.43 Å². The first-order valence-corrected chi connectivity index (χ1v) is 9.33. The number of halogens is 3. The van der Waals surface area contributed by atoms with E-state index in [0.29, 0.717) is 0 Å². The van der Waals surface area contributed by atoms with Crippen molar-refractivity contribution in [1.82, 2.24) is 9.88 Å². The van der Waals surface area contributed by atoms with Crippen molar-refractivity contribution in [3.05, 3.63) is 64.7 Å². The highest BCUT2D eigenvalue weighted by atomic mass is 19.3. The summed E-state index contributed by atoms with van der Waals surface area (Å²) >= 11 is 0. The Morgan fingerprint density at radius 3 is 2.69 bits per heavy atom. The van der Waals surface area contributed by atoms with Crippen LogP contribution in [0.5, 0.6) is 0 Å². The Hall–Kier alpha value is -3.94. The fraction of sp³-hybridized carbons (Fsp3) is 0.286. The molecule has 2 N–H and O–H groups in total. The van der Waals surface area contributed by atoms with Gasteiger partial charge in [0.1, 0.15) is 23.4 Å². The number of nitriles is 1. The van der Waals surface area contributed by atoms with Crippen LogP contribution in [0.15, 0.2) is 41.5 Å². The third kappa shape index (κ3) is 4.39. The number of ketones is 1. The number of nitrogens with zero attached hydrogens (tertiary/aromatic N) is 4. The summed E-state index contributed by atoms with van der Waals surface area (Å²) in [7, 11) is 1.08. The summed E-state index contributed by atoms with van der Waals surface area (Å²) in [5.41, 5.74) is 3.31. The number of amides is 1. The average Bonchev–Trinajstić information content (AvgIpc) is 2.79. The highest BCUT2D eigenvalue weighted by Crippen LogP contribution is 2.38. The Balaban J connectivity index is 1.98.